The standard InChI is InChI=1S/C12H13N5O4/c18-8(6-16-4-1-3-13-11(16)21)17-5-2-12(7-17)9(19)14-10(20)15-12/h1,3-4H,2,5-7H2,(H2,14,15,19,20). The zero-order valence-corrected chi connectivity index (χ0v) is 11.0. The Bertz CT molecular complexity index is 684. The van der Waals surface area contributed by atoms with Crippen molar-refractivity contribution in [1.29, 1.82) is 0 Å². The van der Waals surface area contributed by atoms with Crippen LogP contribution in [-0.2, 0) is 16.1 Å². The Morgan fingerprint density at radius 1 is 1.38 bits per heavy atom. The van der Waals surface area contributed by atoms with Crippen molar-refractivity contribution in [1.82, 2.24) is 25.1 Å². The number of amides is 4. The van der Waals surface area contributed by atoms with Gasteiger partial charge in [-0.05, 0) is 12.5 Å². The summed E-state index contributed by atoms with van der Waals surface area (Å²) in [5, 5.41) is 4.74. The van der Waals surface area contributed by atoms with Crippen LogP contribution in [0.3, 0.4) is 0 Å². The van der Waals surface area contributed by atoms with Crippen LogP contribution in [0.15, 0.2) is 23.3 Å². The highest BCUT2D eigenvalue weighted by molar-refractivity contribution is 6.07. The van der Waals surface area contributed by atoms with Crippen LogP contribution in [0.25, 0.3) is 0 Å². The highest BCUT2D eigenvalue weighted by atomic mass is 16.2. The third-order valence-corrected chi connectivity index (χ3v) is 3.72. The van der Waals surface area contributed by atoms with Gasteiger partial charge in [-0.15, -0.1) is 0 Å². The minimum Gasteiger partial charge on any atom is -0.338 e. The van der Waals surface area contributed by atoms with Crippen LogP contribution in [0.5, 0.6) is 0 Å². The van der Waals surface area contributed by atoms with Crippen molar-refractivity contribution < 1.29 is 14.4 Å². The van der Waals surface area contributed by atoms with Crippen molar-refractivity contribution in [3.8, 4) is 0 Å². The molecule has 110 valence electrons. The monoisotopic (exact) mass is 291 g/mol. The van der Waals surface area contributed by atoms with Gasteiger partial charge in [-0.2, -0.15) is 0 Å². The number of aromatic nitrogens is 2. The van der Waals surface area contributed by atoms with Crippen molar-refractivity contribution in [2.24, 2.45) is 0 Å². The fourth-order valence-corrected chi connectivity index (χ4v) is 2.59. The number of carbonyl (C=O) groups is 3. The minimum atomic E-state index is -1.04. The van der Waals surface area contributed by atoms with Gasteiger partial charge in [-0.1, -0.05) is 0 Å². The van der Waals surface area contributed by atoms with E-state index in [1.165, 1.54) is 21.9 Å². The summed E-state index contributed by atoms with van der Waals surface area (Å²) in [6.45, 7) is 0.318. The molecule has 3 rings (SSSR count). The van der Waals surface area contributed by atoms with Gasteiger partial charge in [-0.3, -0.25) is 19.5 Å². The Morgan fingerprint density at radius 3 is 2.86 bits per heavy atom. The minimum absolute atomic E-state index is 0.110. The van der Waals surface area contributed by atoms with Crippen molar-refractivity contribution in [3.05, 3.63) is 28.9 Å². The van der Waals surface area contributed by atoms with Crippen LogP contribution in [0.1, 0.15) is 6.42 Å². The predicted octanol–water partition coefficient (Wildman–Crippen LogP) is -1.95. The number of nitrogens with zero attached hydrogens (tertiary/aromatic N) is 3. The second kappa shape index (κ2) is 4.69. The molecule has 1 aromatic rings. The first kappa shape index (κ1) is 13.3. The smallest absolute Gasteiger partial charge is 0.338 e. The molecule has 0 aliphatic carbocycles. The summed E-state index contributed by atoms with van der Waals surface area (Å²) >= 11 is 0. The van der Waals surface area contributed by atoms with Gasteiger partial charge in [0.15, 0.2) is 0 Å². The summed E-state index contributed by atoms with van der Waals surface area (Å²) in [6, 6.07) is 1.02. The summed E-state index contributed by atoms with van der Waals surface area (Å²) in [4.78, 5) is 51.7. The van der Waals surface area contributed by atoms with Gasteiger partial charge in [0.25, 0.3) is 5.91 Å². The lowest BCUT2D eigenvalue weighted by Gasteiger charge is -2.21. The highest BCUT2D eigenvalue weighted by Crippen LogP contribution is 2.24. The molecule has 4 amide bonds. The van der Waals surface area contributed by atoms with E-state index in [1.807, 2.05) is 0 Å². The number of rotatable bonds is 2. The summed E-state index contributed by atoms with van der Waals surface area (Å²) in [5.41, 5.74) is -1.54. The molecule has 9 nitrogen and oxygen atoms in total. The van der Waals surface area contributed by atoms with E-state index in [0.29, 0.717) is 13.0 Å². The Morgan fingerprint density at radius 2 is 2.19 bits per heavy atom. The molecule has 2 aliphatic heterocycles. The number of urea groups is 1. The van der Waals surface area contributed by atoms with Crippen molar-refractivity contribution in [2.45, 2.75) is 18.5 Å². The molecule has 3 heterocycles. The molecule has 9 heteroatoms. The molecular weight excluding hydrogens is 278 g/mol. The molecule has 1 unspecified atom stereocenters. The third-order valence-electron chi connectivity index (χ3n) is 3.72. The number of hydrogen-bond acceptors (Lipinski definition) is 5. The SMILES string of the molecule is O=C1NC(=O)C2(CCN(C(=O)Cn3cccnc3=O)C2)N1. The summed E-state index contributed by atoms with van der Waals surface area (Å²) in [5.74, 6) is -0.711. The second-order valence-corrected chi connectivity index (χ2v) is 5.09. The maximum Gasteiger partial charge on any atom is 0.347 e. The maximum atomic E-state index is 12.2. The van der Waals surface area contributed by atoms with E-state index < -0.39 is 23.2 Å². The van der Waals surface area contributed by atoms with Gasteiger partial charge in [0.1, 0.15) is 12.1 Å². The normalized spacial score (nSPS) is 24.3. The zero-order chi connectivity index (χ0) is 15.0. The van der Waals surface area contributed by atoms with E-state index in [-0.39, 0.29) is 19.0 Å². The molecule has 0 bridgehead atoms. The Kier molecular flexibility index (Phi) is 2.96. The first-order valence-corrected chi connectivity index (χ1v) is 6.43. The fourth-order valence-electron chi connectivity index (χ4n) is 2.59. The van der Waals surface area contributed by atoms with Crippen molar-refractivity contribution >= 4 is 17.8 Å². The number of carbonyl (C=O) groups excluding carboxylic acids is 3. The first-order valence-electron chi connectivity index (χ1n) is 6.43. The van der Waals surface area contributed by atoms with Gasteiger partial charge in [0.2, 0.25) is 5.91 Å². The first-order chi connectivity index (χ1) is 10.00. The topological polar surface area (TPSA) is 113 Å². The van der Waals surface area contributed by atoms with E-state index in [2.05, 4.69) is 15.6 Å². The molecule has 21 heavy (non-hydrogen) atoms. The van der Waals surface area contributed by atoms with Crippen LogP contribution in [0.2, 0.25) is 0 Å². The number of likely N-dealkylation sites (tertiary alicyclic amines) is 1. The van der Waals surface area contributed by atoms with Crippen LogP contribution in [0, 0.1) is 0 Å². The van der Waals surface area contributed by atoms with Gasteiger partial charge in [0, 0.05) is 18.9 Å². The van der Waals surface area contributed by atoms with Gasteiger partial charge in [-0.25, -0.2) is 14.6 Å². The zero-order valence-electron chi connectivity index (χ0n) is 11.0. The quantitative estimate of drug-likeness (QED) is 0.615. The van der Waals surface area contributed by atoms with Crippen LogP contribution in [-0.4, -0.2) is 50.9 Å². The van der Waals surface area contributed by atoms with Gasteiger partial charge < -0.3 is 10.2 Å². The molecule has 0 aromatic carbocycles. The van der Waals surface area contributed by atoms with Crippen molar-refractivity contribution in [3.63, 3.8) is 0 Å². The van der Waals surface area contributed by atoms with Gasteiger partial charge in [0.05, 0.1) is 6.54 Å². The highest BCUT2D eigenvalue weighted by Gasteiger charge is 2.51. The van der Waals surface area contributed by atoms with Crippen molar-refractivity contribution in [2.75, 3.05) is 13.1 Å². The van der Waals surface area contributed by atoms with Crippen LogP contribution in [0.4, 0.5) is 4.79 Å². The van der Waals surface area contributed by atoms with E-state index in [9.17, 15) is 19.2 Å². The van der Waals surface area contributed by atoms with E-state index in [1.54, 1.807) is 6.07 Å². The number of hydrogen-bond donors (Lipinski definition) is 2. The summed E-state index contributed by atoms with van der Waals surface area (Å²) < 4.78 is 1.20. The summed E-state index contributed by atoms with van der Waals surface area (Å²) in [7, 11) is 0. The number of imide groups is 1. The van der Waals surface area contributed by atoms with E-state index in [0.717, 1.165) is 0 Å². The Labute approximate surface area is 118 Å². The molecule has 2 aliphatic rings. The summed E-state index contributed by atoms with van der Waals surface area (Å²) in [6.07, 6.45) is 3.19. The maximum absolute atomic E-state index is 12.2. The second-order valence-electron chi connectivity index (χ2n) is 5.09. The molecule has 2 N–H and O–H groups in total. The average molecular weight is 291 g/mol. The van der Waals surface area contributed by atoms with Crippen LogP contribution < -0.4 is 16.3 Å². The molecular formula is C12H13N5O4. The average Bonchev–Trinajstić information content (AvgIpc) is 2.97. The molecule has 2 saturated heterocycles. The lowest BCUT2D eigenvalue weighted by molar-refractivity contribution is -0.131. The molecule has 0 radical (unpaired) electrons. The largest absolute Gasteiger partial charge is 0.347 e. The molecule has 2 fully saturated rings. The lowest BCUT2D eigenvalue weighted by atomic mass is 10.00. The molecule has 1 aromatic heterocycles. The lowest BCUT2D eigenvalue weighted by Crippen LogP contribution is -2.50. The Hall–Kier alpha value is -2.71. The molecule has 1 atom stereocenters. The van der Waals surface area contributed by atoms with Gasteiger partial charge >= 0.3 is 11.7 Å². The predicted molar refractivity (Wildman–Crippen MR) is 69.1 cm³/mol. The third kappa shape index (κ3) is 2.26. The Balaban J connectivity index is 1.71. The number of nitrogens with one attached hydrogen (secondary N) is 2. The molecule has 1 spiro atoms. The molecule has 0 saturated carbocycles. The van der Waals surface area contributed by atoms with E-state index >= 15 is 0 Å². The van der Waals surface area contributed by atoms with E-state index in [4.69, 9.17) is 0 Å². The fraction of sp³-hybridized carbons (Fsp3) is 0.417. The van der Waals surface area contributed by atoms with Crippen LogP contribution >= 0.6 is 0 Å².